The van der Waals surface area contributed by atoms with E-state index in [9.17, 15) is 0 Å². The molecule has 0 aromatic carbocycles. The van der Waals surface area contributed by atoms with Crippen LogP contribution in [0.2, 0.25) is 0 Å². The predicted molar refractivity (Wildman–Crippen MR) is 59.0 cm³/mol. The van der Waals surface area contributed by atoms with E-state index in [0.717, 1.165) is 12.6 Å². The second kappa shape index (κ2) is 15000. The molecule has 0 aliphatic carbocycles. The minimum absolute atomic E-state index is 0. The summed E-state index contributed by atoms with van der Waals surface area (Å²) < 4.78 is 75.0. The van der Waals surface area contributed by atoms with Crippen molar-refractivity contribution in [3.8, 4) is 0 Å². The minimum atomic E-state index is 0. The molecule has 0 bridgehead atoms. The van der Waals surface area contributed by atoms with Gasteiger partial charge in [0.05, 0.1) is 0 Å². The molecule has 147 valence electrons. The van der Waals surface area contributed by atoms with Crippen molar-refractivity contribution >= 4 is 6.21 Å². The molecule has 0 heterocycles. The Hall–Kier alpha value is -1.02. The predicted octanol–water partition coefficient (Wildman–Crippen LogP) is 0.654. The van der Waals surface area contributed by atoms with E-state index in [-0.39, 0.29) is 59.4 Å². The monoisotopic (exact) mass is 912 g/mol. The fourth-order valence-electron chi connectivity index (χ4n) is 0. The van der Waals surface area contributed by atoms with Crippen LogP contribution in [0.5, 0.6) is 0 Å². The zero-order valence-electron chi connectivity index (χ0n) is 12.9. The van der Waals surface area contributed by atoms with E-state index in [0.29, 0.717) is 0 Å². The molecule has 0 unspecified atom stereocenters. The quantitative estimate of drug-likeness (QED) is 0.201. The summed E-state index contributed by atoms with van der Waals surface area (Å²) in [4.78, 5) is 0. The second-order valence-corrected chi connectivity index (χ2v) is 0.591. The van der Waals surface area contributed by atoms with Crippen LogP contribution < -0.4 is 0 Å². The molecular weight excluding hydrogens is 901 g/mol. The Labute approximate surface area is 196 Å². The number of rotatable bonds is 1. The molecule has 0 N–H and O–H groups in total. The van der Waals surface area contributed by atoms with Gasteiger partial charge in [-0.2, -0.15) is 0 Å². The first-order valence-corrected chi connectivity index (χ1v) is 3.41. The first-order chi connectivity index (χ1) is 11.9. The van der Waals surface area contributed by atoms with Crippen molar-refractivity contribution < 1.29 is 106 Å². The largest absolute Gasteiger partial charge is 1.00 e. The Kier molecular flexibility index (Phi) is 62700. The third-order valence-electron chi connectivity index (χ3n) is 0.183. The molecule has 27 heavy (non-hydrogen) atoms. The molecule has 0 atom stereocenters. The summed E-state index contributed by atoms with van der Waals surface area (Å²) in [6.07, 6.45) is 1.88. The van der Waals surface area contributed by atoms with E-state index in [2.05, 4.69) is 66.5 Å². The fourth-order valence-corrected chi connectivity index (χ4v) is 0. The van der Waals surface area contributed by atoms with Crippen molar-refractivity contribution in [2.45, 2.75) is 13.3 Å². The molecule has 0 saturated carbocycles. The van der Waals surface area contributed by atoms with Gasteiger partial charge in [-0.3, -0.25) is 0 Å². The smallest absolute Gasteiger partial charge is 0 e. The van der Waals surface area contributed by atoms with Crippen LogP contribution in [0.4, 0.5) is 0 Å². The van der Waals surface area contributed by atoms with Gasteiger partial charge in [0.25, 0.3) is 0 Å². The van der Waals surface area contributed by atoms with Gasteiger partial charge in [-0.05, 0) is 0 Å². The van der Waals surface area contributed by atoms with E-state index in [1.54, 1.807) is 0 Å². The van der Waals surface area contributed by atoms with Gasteiger partial charge in [0.15, 0.2) is 0 Å². The van der Waals surface area contributed by atoms with Crippen molar-refractivity contribution in [2.24, 2.45) is 0 Å². The Morgan fingerprint density at radius 2 is 0.519 bits per heavy atom. The third-order valence-corrected chi connectivity index (χ3v) is 0.183. The second-order valence-electron chi connectivity index (χ2n) is 0.591. The van der Waals surface area contributed by atoms with Crippen molar-refractivity contribution in [1.82, 2.24) is 0 Å². The summed E-state index contributed by atoms with van der Waals surface area (Å²) in [6.45, 7) is 46.9. The van der Waals surface area contributed by atoms with Crippen LogP contribution in [-0.4, -0.2) is 6.21 Å². The van der Waals surface area contributed by atoms with Gasteiger partial charge in [0.1, 0.15) is 0 Å². The summed E-state index contributed by atoms with van der Waals surface area (Å²) in [7, 11) is 0. The van der Waals surface area contributed by atoms with Gasteiger partial charge in [-0.25, -0.2) is 6.21 Å². The normalized spacial score (nSPS) is 1.67. The Morgan fingerprint density at radius 3 is 0.519 bits per heavy atom. The SMILES string of the molecule is CCC=[N-].[C-]#[O+].[C-]#[O+].[C-]#[O+].[C-]#[O+].[C-]#[O+].[C-]#[O+].[C-]#[O+].[C-]#[O+].[C-]#[O+].[C-]#[O+].[Os+].[Os].[Os]. The van der Waals surface area contributed by atoms with Crippen molar-refractivity contribution in [3.63, 3.8) is 0 Å². The summed E-state index contributed by atoms with van der Waals surface area (Å²) >= 11 is 0. The molecule has 1 radical (unpaired) electrons. The summed E-state index contributed by atoms with van der Waals surface area (Å²) in [6, 6.07) is 0. The molecule has 0 aromatic heterocycles. The third kappa shape index (κ3) is 30200000. The van der Waals surface area contributed by atoms with Crippen LogP contribution in [0.15, 0.2) is 0 Å². The van der Waals surface area contributed by atoms with Crippen LogP contribution in [0.1, 0.15) is 13.3 Å². The van der Waals surface area contributed by atoms with E-state index >= 15 is 0 Å². The molecule has 0 saturated heterocycles. The minimum Gasteiger partial charge on any atom is 0 e. The van der Waals surface area contributed by atoms with Crippen LogP contribution in [0.3, 0.4) is 0 Å². The van der Waals surface area contributed by atoms with Crippen molar-refractivity contribution in [2.75, 3.05) is 0 Å². The first kappa shape index (κ1) is 113. The number of hydrogen-bond donors (Lipinski definition) is 0. The number of nitrogens with zero attached hydrogens (tertiary/aromatic N) is 1. The van der Waals surface area contributed by atoms with Gasteiger partial charge < -0.3 is 5.41 Å². The van der Waals surface area contributed by atoms with Crippen molar-refractivity contribution in [1.29, 1.82) is 0 Å². The van der Waals surface area contributed by atoms with Crippen LogP contribution in [0.25, 0.3) is 5.41 Å². The molecular formula is C13H6NO10Os3. The first-order valence-electron chi connectivity index (χ1n) is 3.41. The maximum absolute atomic E-state index is 7.75. The van der Waals surface area contributed by atoms with Crippen LogP contribution in [0, 0.1) is 66.5 Å². The van der Waals surface area contributed by atoms with Gasteiger partial charge in [-0.15, -0.1) is 0 Å². The average molecular weight is 907 g/mol. The van der Waals surface area contributed by atoms with Crippen LogP contribution >= 0.6 is 0 Å². The topological polar surface area (TPSA) is 221 Å². The Bertz CT molecular complexity index is 239. The number of hydrogen-bond acceptors (Lipinski definition) is 0. The molecule has 14 heteroatoms. The molecule has 0 aromatic rings. The maximum atomic E-state index is 7.75. The van der Waals surface area contributed by atoms with E-state index < -0.39 is 0 Å². The zero-order valence-corrected chi connectivity index (χ0v) is 20.5. The van der Waals surface area contributed by atoms with Gasteiger partial charge in [0, 0.05) is 39.6 Å². The Balaban J connectivity index is -0.00000000575. The van der Waals surface area contributed by atoms with E-state index in [1.165, 1.54) is 0 Å². The summed E-state index contributed by atoms with van der Waals surface area (Å²) in [5.74, 6) is 0. The molecule has 0 spiro atoms. The van der Waals surface area contributed by atoms with Gasteiger partial charge in [0.2, 0.25) is 0 Å². The van der Waals surface area contributed by atoms with Crippen molar-refractivity contribution in [3.05, 3.63) is 71.9 Å². The molecule has 0 rings (SSSR count). The van der Waals surface area contributed by atoms with E-state index in [1.807, 2.05) is 6.92 Å². The summed E-state index contributed by atoms with van der Waals surface area (Å²) in [5, 5.41) is 7.75. The van der Waals surface area contributed by atoms with E-state index in [4.69, 9.17) is 51.9 Å². The van der Waals surface area contributed by atoms with Gasteiger partial charge >= 0.3 is 133 Å². The molecule has 11 nitrogen and oxygen atoms in total. The average Bonchev–Trinajstić information content (AvgIpc) is 2.81. The Morgan fingerprint density at radius 1 is 0.481 bits per heavy atom. The fraction of sp³-hybridized carbons (Fsp3) is 0.154. The standard InChI is InChI=1S/C3H6N.10CO.3Os/c1-2-3-4;10*1-2;;;/h3H,2H2,1H3;;;;;;;;;;;;;/q-1;;;;;;;;;;;;;+1. The molecule has 0 fully saturated rings. The van der Waals surface area contributed by atoms with Gasteiger partial charge in [-0.1, -0.05) is 13.3 Å². The van der Waals surface area contributed by atoms with Crippen LogP contribution in [-0.2, 0) is 106 Å². The molecule has 0 aliphatic heterocycles. The maximum Gasteiger partial charge on any atom is 1.00 e. The molecule has 0 amide bonds. The molecule has 0 aliphatic rings. The zero-order chi connectivity index (χ0) is 23.4. The summed E-state index contributed by atoms with van der Waals surface area (Å²) in [5.41, 5.74) is 0.